The number of hydrogen-bond donors (Lipinski definition) is 1. The quantitative estimate of drug-likeness (QED) is 0.316. The first-order valence-electron chi connectivity index (χ1n) is 9.53. The van der Waals surface area contributed by atoms with E-state index in [9.17, 15) is 0 Å². The zero-order chi connectivity index (χ0) is 20.7. The highest BCUT2D eigenvalue weighted by molar-refractivity contribution is 7.22. The molecule has 1 N–H and O–H groups in total. The third kappa shape index (κ3) is 3.58. The maximum atomic E-state index is 6.27. The molecule has 0 atom stereocenters. The highest BCUT2D eigenvalue weighted by Gasteiger charge is 2.10. The van der Waals surface area contributed by atoms with Gasteiger partial charge in [0.15, 0.2) is 0 Å². The maximum absolute atomic E-state index is 6.27. The Labute approximate surface area is 182 Å². The molecule has 3 aromatic carbocycles. The summed E-state index contributed by atoms with van der Waals surface area (Å²) in [5, 5.41) is 7.89. The molecule has 0 radical (unpaired) electrons. The molecule has 0 saturated carbocycles. The second kappa shape index (κ2) is 7.59. The number of aromatic nitrogens is 1. The predicted octanol–water partition coefficient (Wildman–Crippen LogP) is 6.91. The van der Waals surface area contributed by atoms with Gasteiger partial charge in [-0.05, 0) is 67.4 Å². The van der Waals surface area contributed by atoms with Crippen LogP contribution < -0.4 is 10.8 Å². The largest absolute Gasteiger partial charge is 0.456 e. The summed E-state index contributed by atoms with van der Waals surface area (Å²) in [4.78, 5) is 4.61. The lowest BCUT2D eigenvalue weighted by atomic mass is 10.1. The molecule has 2 aromatic heterocycles. The van der Waals surface area contributed by atoms with Crippen LogP contribution in [0.25, 0.3) is 32.5 Å². The van der Waals surface area contributed by atoms with Gasteiger partial charge in [-0.3, -0.25) is 5.43 Å². The van der Waals surface area contributed by atoms with E-state index in [-0.39, 0.29) is 0 Å². The summed E-state index contributed by atoms with van der Waals surface area (Å²) in [6, 6.07) is 21.8. The topological polar surface area (TPSA) is 50.4 Å². The first-order valence-corrected chi connectivity index (χ1v) is 10.7. The monoisotopic (exact) mass is 431 g/mol. The van der Waals surface area contributed by atoms with Gasteiger partial charge < -0.3 is 4.42 Å². The molecule has 0 saturated heterocycles. The normalized spacial score (nSPS) is 12.0. The number of nitrogens with one attached hydrogen (secondary N) is 1. The minimum Gasteiger partial charge on any atom is -0.456 e. The van der Waals surface area contributed by atoms with Gasteiger partial charge in [0.05, 0.1) is 15.6 Å². The first-order chi connectivity index (χ1) is 14.6. The highest BCUT2D eigenvalue weighted by atomic mass is 35.5. The predicted molar refractivity (Wildman–Crippen MR) is 125 cm³/mol. The molecule has 0 bridgehead atoms. The van der Waals surface area contributed by atoms with Crippen LogP contribution in [0.3, 0.4) is 0 Å². The van der Waals surface area contributed by atoms with Gasteiger partial charge >= 0.3 is 0 Å². The molecule has 6 heteroatoms. The van der Waals surface area contributed by atoms with Crippen molar-refractivity contribution in [3.8, 4) is 11.3 Å². The fourth-order valence-corrected chi connectivity index (χ4v) is 4.43. The Morgan fingerprint density at radius 1 is 1.00 bits per heavy atom. The first kappa shape index (κ1) is 18.9. The minimum atomic E-state index is 0.689. The van der Waals surface area contributed by atoms with E-state index in [0.29, 0.717) is 5.02 Å². The van der Waals surface area contributed by atoms with E-state index in [1.165, 1.54) is 0 Å². The second-order valence-electron chi connectivity index (χ2n) is 7.17. The fourth-order valence-electron chi connectivity index (χ4n) is 3.50. The summed E-state index contributed by atoms with van der Waals surface area (Å²) in [5.41, 5.74) is 8.08. The van der Waals surface area contributed by atoms with Crippen LogP contribution in [0.1, 0.15) is 11.1 Å². The van der Waals surface area contributed by atoms with Gasteiger partial charge in [-0.25, -0.2) is 4.98 Å². The van der Waals surface area contributed by atoms with E-state index >= 15 is 0 Å². The van der Waals surface area contributed by atoms with Crippen molar-refractivity contribution in [3.63, 3.8) is 0 Å². The van der Waals surface area contributed by atoms with Crippen LogP contribution >= 0.6 is 22.9 Å². The number of benzene rings is 3. The summed E-state index contributed by atoms with van der Waals surface area (Å²) in [6.07, 6.45) is 0. The van der Waals surface area contributed by atoms with Gasteiger partial charge in [-0.1, -0.05) is 41.1 Å². The highest BCUT2D eigenvalue weighted by Crippen LogP contribution is 2.27. The van der Waals surface area contributed by atoms with Crippen molar-refractivity contribution in [2.24, 2.45) is 5.10 Å². The summed E-state index contributed by atoms with van der Waals surface area (Å²) in [7, 11) is 0. The molecule has 2 heterocycles. The molecule has 5 aromatic rings. The van der Waals surface area contributed by atoms with Gasteiger partial charge in [0.2, 0.25) is 5.13 Å². The van der Waals surface area contributed by atoms with Crippen LogP contribution in [0.5, 0.6) is 0 Å². The molecule has 0 amide bonds. The third-order valence-electron chi connectivity index (χ3n) is 4.87. The van der Waals surface area contributed by atoms with Gasteiger partial charge in [-0.15, -0.1) is 0 Å². The zero-order valence-electron chi connectivity index (χ0n) is 16.4. The molecule has 0 aliphatic carbocycles. The number of aryl methyl sites for hydroxylation is 2. The van der Waals surface area contributed by atoms with Gasteiger partial charge in [-0.2, -0.15) is 5.10 Å². The van der Waals surface area contributed by atoms with Crippen molar-refractivity contribution in [1.29, 1.82) is 0 Å². The molecule has 0 aliphatic rings. The SMILES string of the molecule is Cc1cc(C)c2oc(-c3ccc(Cl)cc3)c/c(=N\Nc3nc4ccccc4s3)c2c1. The molecule has 0 fully saturated rings. The molecule has 30 heavy (non-hydrogen) atoms. The number of rotatable bonds is 3. The number of nitrogens with zero attached hydrogens (tertiary/aromatic N) is 2. The van der Waals surface area contributed by atoms with Gasteiger partial charge in [0.1, 0.15) is 11.3 Å². The van der Waals surface area contributed by atoms with Crippen molar-refractivity contribution in [3.05, 3.63) is 88.2 Å². The van der Waals surface area contributed by atoms with Crippen molar-refractivity contribution < 1.29 is 4.42 Å². The number of hydrogen-bond acceptors (Lipinski definition) is 5. The van der Waals surface area contributed by atoms with Crippen molar-refractivity contribution in [1.82, 2.24) is 4.98 Å². The summed E-state index contributed by atoms with van der Waals surface area (Å²) < 4.78 is 7.39. The Morgan fingerprint density at radius 3 is 2.60 bits per heavy atom. The van der Waals surface area contributed by atoms with Crippen molar-refractivity contribution in [2.75, 3.05) is 5.43 Å². The molecule has 148 valence electrons. The van der Waals surface area contributed by atoms with Crippen molar-refractivity contribution >= 4 is 49.3 Å². The van der Waals surface area contributed by atoms with Gasteiger partial charge in [0, 0.05) is 22.0 Å². The summed E-state index contributed by atoms with van der Waals surface area (Å²) in [6.45, 7) is 4.12. The number of anilines is 1. The minimum absolute atomic E-state index is 0.689. The van der Waals surface area contributed by atoms with Gasteiger partial charge in [0.25, 0.3) is 0 Å². The van der Waals surface area contributed by atoms with Crippen LogP contribution in [0.2, 0.25) is 5.02 Å². The lowest BCUT2D eigenvalue weighted by Crippen LogP contribution is -2.08. The van der Waals surface area contributed by atoms with E-state index in [4.69, 9.17) is 21.1 Å². The lowest BCUT2D eigenvalue weighted by Gasteiger charge is -2.08. The van der Waals surface area contributed by atoms with E-state index in [2.05, 4.69) is 42.5 Å². The molecule has 0 unspecified atom stereocenters. The standard InChI is InChI=1S/C24H18ClN3OS/c1-14-11-15(2)23-18(12-14)20(13-21(29-23)16-7-9-17(25)10-8-16)27-28-24-26-19-5-3-4-6-22(19)30-24/h3-13H,1-2H3,(H,26,28)/b27-20+. The maximum Gasteiger partial charge on any atom is 0.204 e. The molecule has 0 aliphatic heterocycles. The van der Waals surface area contributed by atoms with Crippen LogP contribution in [-0.2, 0) is 0 Å². The Kier molecular flexibility index (Phi) is 4.77. The van der Waals surface area contributed by atoms with Crippen LogP contribution in [0, 0.1) is 13.8 Å². The molecule has 4 nitrogen and oxygen atoms in total. The molecule has 5 rings (SSSR count). The van der Waals surface area contributed by atoms with E-state index < -0.39 is 0 Å². The Bertz CT molecular complexity index is 1420. The number of fused-ring (bicyclic) bond motifs is 2. The number of halogens is 1. The second-order valence-corrected chi connectivity index (χ2v) is 8.64. The Balaban J connectivity index is 1.68. The van der Waals surface area contributed by atoms with E-state index in [1.54, 1.807) is 11.3 Å². The van der Waals surface area contributed by atoms with E-state index in [0.717, 1.165) is 54.1 Å². The number of thiazole rings is 1. The Hall–Kier alpha value is -3.15. The fraction of sp³-hybridized carbons (Fsp3) is 0.0833. The van der Waals surface area contributed by atoms with Crippen LogP contribution in [0.15, 0.2) is 76.2 Å². The molecular weight excluding hydrogens is 414 g/mol. The zero-order valence-corrected chi connectivity index (χ0v) is 18.0. The number of para-hydroxylation sites is 1. The summed E-state index contributed by atoms with van der Waals surface area (Å²) in [5.74, 6) is 0.732. The average Bonchev–Trinajstić information content (AvgIpc) is 3.16. The van der Waals surface area contributed by atoms with Crippen LogP contribution in [0.4, 0.5) is 5.13 Å². The lowest BCUT2D eigenvalue weighted by molar-refractivity contribution is 0.615. The average molecular weight is 432 g/mol. The van der Waals surface area contributed by atoms with E-state index in [1.807, 2.05) is 48.5 Å². The van der Waals surface area contributed by atoms with Crippen molar-refractivity contribution in [2.45, 2.75) is 13.8 Å². The van der Waals surface area contributed by atoms with Crippen LogP contribution in [-0.4, -0.2) is 4.98 Å². The molecular formula is C24H18ClN3OS. The summed E-state index contributed by atoms with van der Waals surface area (Å²) >= 11 is 7.63. The third-order valence-corrected chi connectivity index (χ3v) is 6.06. The Morgan fingerprint density at radius 2 is 1.80 bits per heavy atom. The molecule has 0 spiro atoms. The smallest absolute Gasteiger partial charge is 0.204 e.